The molecule has 56 heavy (non-hydrogen) atoms. The van der Waals surface area contributed by atoms with E-state index >= 15 is 0 Å². The molecule has 5 aromatic rings. The summed E-state index contributed by atoms with van der Waals surface area (Å²) in [5, 5.41) is 41.4. The van der Waals surface area contributed by atoms with Crippen molar-refractivity contribution in [3.8, 4) is 23.0 Å². The molecule has 2 atom stereocenters. The molecule has 0 saturated heterocycles. The number of hydrogen-bond acceptors (Lipinski definition) is 4. The Hall–Kier alpha value is -4.70. The van der Waals surface area contributed by atoms with E-state index < -0.39 is 0 Å². The SMILES string of the molecule is Cc1cc(C2(c3ccc(O)c(C)c3)CCC(C(C)Cc3cccc(CC(C)C4CCC(c5ccc(O)c(C)c5)(c5ccc(O)c(C)c5)CC4)c3)CC2)ccc1O. The minimum Gasteiger partial charge on any atom is -0.508 e. The van der Waals surface area contributed by atoms with E-state index in [4.69, 9.17) is 0 Å². The number of hydrogen-bond donors (Lipinski definition) is 4. The second kappa shape index (κ2) is 16.0. The van der Waals surface area contributed by atoms with Gasteiger partial charge < -0.3 is 20.4 Å². The summed E-state index contributed by atoms with van der Waals surface area (Å²) in [4.78, 5) is 0. The molecule has 0 radical (unpaired) electrons. The quantitative estimate of drug-likeness (QED) is 0.115. The molecule has 0 amide bonds. The molecule has 2 fully saturated rings. The van der Waals surface area contributed by atoms with Crippen LogP contribution in [0, 0.1) is 51.4 Å². The molecule has 4 N–H and O–H groups in total. The largest absolute Gasteiger partial charge is 0.508 e. The number of benzene rings is 5. The average molecular weight is 751 g/mol. The van der Waals surface area contributed by atoms with Gasteiger partial charge in [0.05, 0.1) is 0 Å². The van der Waals surface area contributed by atoms with Gasteiger partial charge in [-0.3, -0.25) is 0 Å². The summed E-state index contributed by atoms with van der Waals surface area (Å²) in [5.41, 5.74) is 11.3. The first-order valence-corrected chi connectivity index (χ1v) is 21.1. The van der Waals surface area contributed by atoms with Gasteiger partial charge in [-0.2, -0.15) is 0 Å². The van der Waals surface area contributed by atoms with Crippen LogP contribution in [0.3, 0.4) is 0 Å². The third kappa shape index (κ3) is 7.82. The fourth-order valence-corrected chi connectivity index (χ4v) is 10.7. The molecule has 2 aliphatic carbocycles. The van der Waals surface area contributed by atoms with Crippen molar-refractivity contribution < 1.29 is 20.4 Å². The number of rotatable bonds is 10. The fourth-order valence-electron chi connectivity index (χ4n) is 10.7. The predicted octanol–water partition coefficient (Wildman–Crippen LogP) is 12.5. The smallest absolute Gasteiger partial charge is 0.118 e. The first-order valence-electron chi connectivity index (χ1n) is 21.1. The van der Waals surface area contributed by atoms with Crippen molar-refractivity contribution in [1.82, 2.24) is 0 Å². The highest BCUT2D eigenvalue weighted by Gasteiger charge is 2.41. The maximum atomic E-state index is 10.3. The van der Waals surface area contributed by atoms with Gasteiger partial charge in [-0.15, -0.1) is 0 Å². The van der Waals surface area contributed by atoms with Gasteiger partial charge in [0.1, 0.15) is 23.0 Å². The van der Waals surface area contributed by atoms with Gasteiger partial charge in [-0.05, 0) is 195 Å². The maximum Gasteiger partial charge on any atom is 0.118 e. The summed E-state index contributed by atoms with van der Waals surface area (Å²) >= 11 is 0. The molecule has 0 heterocycles. The first kappa shape index (κ1) is 39.5. The number of phenols is 4. The molecule has 4 nitrogen and oxygen atoms in total. The van der Waals surface area contributed by atoms with Crippen molar-refractivity contribution in [2.75, 3.05) is 0 Å². The van der Waals surface area contributed by atoms with Crippen LogP contribution in [0.4, 0.5) is 0 Å². The van der Waals surface area contributed by atoms with E-state index in [-0.39, 0.29) is 10.8 Å². The minimum atomic E-state index is -0.131. The van der Waals surface area contributed by atoms with Crippen LogP contribution in [-0.2, 0) is 23.7 Å². The molecule has 0 aliphatic heterocycles. The monoisotopic (exact) mass is 750 g/mol. The number of aryl methyl sites for hydroxylation is 4. The van der Waals surface area contributed by atoms with E-state index in [2.05, 4.69) is 86.6 Å². The predicted molar refractivity (Wildman–Crippen MR) is 229 cm³/mol. The molecule has 5 aromatic carbocycles. The molecule has 7 rings (SSSR count). The summed E-state index contributed by atoms with van der Waals surface area (Å²) in [7, 11) is 0. The Morgan fingerprint density at radius 3 is 1.00 bits per heavy atom. The van der Waals surface area contributed by atoms with Gasteiger partial charge in [-0.25, -0.2) is 0 Å². The van der Waals surface area contributed by atoms with E-state index in [0.29, 0.717) is 46.7 Å². The second-order valence-electron chi connectivity index (χ2n) is 18.0. The molecule has 0 spiro atoms. The van der Waals surface area contributed by atoms with E-state index in [1.54, 1.807) is 0 Å². The summed E-state index contributed by atoms with van der Waals surface area (Å²) in [6, 6.07) is 33.9. The maximum absolute atomic E-state index is 10.3. The van der Waals surface area contributed by atoms with Crippen LogP contribution in [0.15, 0.2) is 97.1 Å². The van der Waals surface area contributed by atoms with Crippen LogP contribution >= 0.6 is 0 Å². The molecule has 0 bridgehead atoms. The lowest BCUT2D eigenvalue weighted by atomic mass is 9.61. The molecule has 294 valence electrons. The molecular formula is C52H62O4. The topological polar surface area (TPSA) is 80.9 Å². The van der Waals surface area contributed by atoms with E-state index in [0.717, 1.165) is 86.5 Å². The zero-order valence-electron chi connectivity index (χ0n) is 34.4. The van der Waals surface area contributed by atoms with Crippen molar-refractivity contribution in [3.63, 3.8) is 0 Å². The van der Waals surface area contributed by atoms with Gasteiger partial charge in [0, 0.05) is 10.8 Å². The number of aromatic hydroxyl groups is 4. The summed E-state index contributed by atoms with van der Waals surface area (Å²) in [6.07, 6.45) is 11.0. The first-order chi connectivity index (χ1) is 26.8. The van der Waals surface area contributed by atoms with Crippen molar-refractivity contribution >= 4 is 0 Å². The molecular weight excluding hydrogens is 689 g/mol. The Morgan fingerprint density at radius 1 is 0.446 bits per heavy atom. The zero-order chi connectivity index (χ0) is 39.8. The minimum absolute atomic E-state index is 0.131. The van der Waals surface area contributed by atoms with Gasteiger partial charge in [-0.1, -0.05) is 86.6 Å². The van der Waals surface area contributed by atoms with Crippen LogP contribution in [0.2, 0.25) is 0 Å². The lowest BCUT2D eigenvalue weighted by Crippen LogP contribution is -2.35. The Bertz CT molecular complexity index is 1910. The summed E-state index contributed by atoms with van der Waals surface area (Å²) in [6.45, 7) is 12.8. The third-order valence-electron chi connectivity index (χ3n) is 14.5. The van der Waals surface area contributed by atoms with Crippen LogP contribution in [-0.4, -0.2) is 20.4 Å². The van der Waals surface area contributed by atoms with Gasteiger partial charge in [0.15, 0.2) is 0 Å². The van der Waals surface area contributed by atoms with Crippen molar-refractivity contribution in [1.29, 1.82) is 0 Å². The average Bonchev–Trinajstić information content (AvgIpc) is 3.19. The second-order valence-corrected chi connectivity index (χ2v) is 18.0. The third-order valence-corrected chi connectivity index (χ3v) is 14.5. The Morgan fingerprint density at radius 2 is 0.732 bits per heavy atom. The van der Waals surface area contributed by atoms with Crippen LogP contribution in [0.5, 0.6) is 23.0 Å². The summed E-state index contributed by atoms with van der Waals surface area (Å²) in [5.74, 6) is 3.78. The Kier molecular flexibility index (Phi) is 11.3. The molecule has 2 aliphatic rings. The fraction of sp³-hybridized carbons (Fsp3) is 0.423. The van der Waals surface area contributed by atoms with Gasteiger partial charge in [0.25, 0.3) is 0 Å². The van der Waals surface area contributed by atoms with E-state index in [1.807, 2.05) is 52.0 Å². The van der Waals surface area contributed by atoms with Crippen LogP contribution < -0.4 is 0 Å². The molecule has 2 saturated carbocycles. The van der Waals surface area contributed by atoms with E-state index in [1.165, 1.54) is 33.4 Å². The molecule has 0 aromatic heterocycles. The molecule has 2 unspecified atom stereocenters. The highest BCUT2D eigenvalue weighted by Crippen LogP contribution is 2.51. The Balaban J connectivity index is 1.01. The van der Waals surface area contributed by atoms with Crippen molar-refractivity contribution in [2.45, 2.75) is 117 Å². The molecule has 4 heteroatoms. The standard InChI is InChI=1S/C52H62O4/c1-33(41-18-22-51(23-19-41,43-10-14-47(53)35(3)28-43)44-11-15-48(54)36(4)29-44)26-39-8-7-9-40(32-39)27-34(2)42-20-24-52(25-21-42,45-12-16-49(55)37(5)30-45)46-13-17-50(56)38(6)31-46/h7-17,28-34,41-42,53-56H,18-27H2,1-6H3. The van der Waals surface area contributed by atoms with Crippen LogP contribution in [0.25, 0.3) is 0 Å². The Labute approximate surface area is 335 Å². The summed E-state index contributed by atoms with van der Waals surface area (Å²) < 4.78 is 0. The lowest BCUT2D eigenvalue weighted by Gasteiger charge is -2.43. The van der Waals surface area contributed by atoms with Crippen LogP contribution in [0.1, 0.15) is 121 Å². The lowest BCUT2D eigenvalue weighted by molar-refractivity contribution is 0.206. The van der Waals surface area contributed by atoms with Gasteiger partial charge >= 0.3 is 0 Å². The highest BCUT2D eigenvalue weighted by atomic mass is 16.3. The van der Waals surface area contributed by atoms with Gasteiger partial charge in [0.2, 0.25) is 0 Å². The highest BCUT2D eigenvalue weighted by molar-refractivity contribution is 5.49. The zero-order valence-corrected chi connectivity index (χ0v) is 34.4. The van der Waals surface area contributed by atoms with Crippen molar-refractivity contribution in [2.24, 2.45) is 23.7 Å². The number of phenolic OH excluding ortho intramolecular Hbond substituents is 4. The normalized spacial score (nSPS) is 18.4. The van der Waals surface area contributed by atoms with Crippen molar-refractivity contribution in [3.05, 3.63) is 153 Å². The van der Waals surface area contributed by atoms with E-state index in [9.17, 15) is 20.4 Å².